The van der Waals surface area contributed by atoms with E-state index in [9.17, 15) is 4.79 Å². The minimum atomic E-state index is -0.196. The molecule has 7 rings (SSSR count). The molecule has 1 aliphatic heterocycles. The summed E-state index contributed by atoms with van der Waals surface area (Å²) in [6, 6.07) is 12.0. The predicted octanol–water partition coefficient (Wildman–Crippen LogP) is 4.86. The number of carbonyl (C=O) groups excluding carboxylic acids is 1. The Kier molecular flexibility index (Phi) is 4.73. The van der Waals surface area contributed by atoms with Crippen LogP contribution < -0.4 is 9.47 Å². The zero-order chi connectivity index (χ0) is 23.5. The SMILES string of the molecule is Cc1cccc(-c2[nH]c(C34CCC(C(=O)N(C)C)(CC3)CC4)nc2-c2ccc3c(c2)OCO3)n1. The number of ether oxygens (including phenoxy) is 2. The number of carbonyl (C=O) groups is 1. The van der Waals surface area contributed by atoms with Crippen molar-refractivity contribution in [3.8, 4) is 34.1 Å². The molecule has 0 atom stereocenters. The molecular formula is C27H30N4O3. The van der Waals surface area contributed by atoms with Gasteiger partial charge in [0, 0.05) is 36.2 Å². The Balaban J connectivity index is 1.42. The van der Waals surface area contributed by atoms with Gasteiger partial charge in [-0.3, -0.25) is 9.78 Å². The summed E-state index contributed by atoms with van der Waals surface area (Å²) in [5.74, 6) is 2.80. The molecule has 34 heavy (non-hydrogen) atoms. The van der Waals surface area contributed by atoms with E-state index in [-0.39, 0.29) is 23.5 Å². The Bertz CT molecular complexity index is 1250. The van der Waals surface area contributed by atoms with Crippen molar-refractivity contribution in [3.05, 3.63) is 47.9 Å². The molecule has 1 amide bonds. The van der Waals surface area contributed by atoms with Gasteiger partial charge in [0.2, 0.25) is 12.7 Å². The number of aryl methyl sites for hydroxylation is 1. The normalized spacial score (nSPS) is 24.9. The highest BCUT2D eigenvalue weighted by atomic mass is 16.7. The molecule has 0 spiro atoms. The van der Waals surface area contributed by atoms with Gasteiger partial charge in [-0.1, -0.05) is 6.07 Å². The van der Waals surface area contributed by atoms with Crippen LogP contribution in [0.15, 0.2) is 36.4 Å². The maximum absolute atomic E-state index is 12.9. The molecule has 0 radical (unpaired) electrons. The molecule has 4 aliphatic rings. The average molecular weight is 459 g/mol. The Morgan fingerprint density at radius 1 is 0.971 bits per heavy atom. The molecule has 3 aromatic rings. The molecule has 3 heterocycles. The van der Waals surface area contributed by atoms with Crippen LogP contribution in [0.3, 0.4) is 0 Å². The molecule has 7 nitrogen and oxygen atoms in total. The third-order valence-corrected chi connectivity index (χ3v) is 8.10. The van der Waals surface area contributed by atoms with Crippen molar-refractivity contribution in [1.82, 2.24) is 19.9 Å². The highest BCUT2D eigenvalue weighted by Crippen LogP contribution is 2.58. The van der Waals surface area contributed by atoms with Crippen molar-refractivity contribution in [1.29, 1.82) is 0 Å². The third kappa shape index (κ3) is 3.21. The standard InChI is InChI=1S/C27H30N4O3/c1-17-5-4-6-19(28-17)23-22(18-7-8-20-21(15-18)34-16-33-20)29-24(30-23)26-9-12-27(13-10-26,14-11-26)25(32)31(2)3/h4-8,15H,9-14,16H2,1-3H3,(H,29,30). The summed E-state index contributed by atoms with van der Waals surface area (Å²) in [5.41, 5.74) is 4.41. The first kappa shape index (κ1) is 21.2. The van der Waals surface area contributed by atoms with E-state index in [0.29, 0.717) is 0 Å². The van der Waals surface area contributed by atoms with Gasteiger partial charge < -0.3 is 19.4 Å². The summed E-state index contributed by atoms with van der Waals surface area (Å²) in [5, 5.41) is 0. The van der Waals surface area contributed by atoms with Crippen molar-refractivity contribution in [3.63, 3.8) is 0 Å². The number of H-pyrrole nitrogens is 1. The molecule has 0 unspecified atom stereocenters. The first-order chi connectivity index (χ1) is 16.4. The Labute approximate surface area is 199 Å². The number of aromatic nitrogens is 3. The van der Waals surface area contributed by atoms with E-state index in [1.807, 2.05) is 57.4 Å². The second kappa shape index (κ2) is 7.58. The fourth-order valence-corrected chi connectivity index (χ4v) is 6.08. The van der Waals surface area contributed by atoms with Crippen LogP contribution in [0, 0.1) is 12.3 Å². The van der Waals surface area contributed by atoms with E-state index in [4.69, 9.17) is 19.4 Å². The maximum Gasteiger partial charge on any atom is 0.231 e. The van der Waals surface area contributed by atoms with Crippen molar-refractivity contribution < 1.29 is 14.3 Å². The quantitative estimate of drug-likeness (QED) is 0.604. The first-order valence-corrected chi connectivity index (χ1v) is 12.1. The maximum atomic E-state index is 12.9. The largest absolute Gasteiger partial charge is 0.454 e. The van der Waals surface area contributed by atoms with Gasteiger partial charge in [0.15, 0.2) is 11.5 Å². The van der Waals surface area contributed by atoms with Crippen LogP contribution >= 0.6 is 0 Å². The van der Waals surface area contributed by atoms with Crippen molar-refractivity contribution in [2.24, 2.45) is 5.41 Å². The zero-order valence-electron chi connectivity index (χ0n) is 20.0. The van der Waals surface area contributed by atoms with Crippen LogP contribution in [-0.2, 0) is 10.2 Å². The molecule has 2 aromatic heterocycles. The number of hydrogen-bond acceptors (Lipinski definition) is 5. The molecule has 176 valence electrons. The minimum Gasteiger partial charge on any atom is -0.454 e. The summed E-state index contributed by atoms with van der Waals surface area (Å²) >= 11 is 0. The van der Waals surface area contributed by atoms with Crippen LogP contribution in [0.4, 0.5) is 0 Å². The highest BCUT2D eigenvalue weighted by Gasteiger charge is 2.54. The second-order valence-electron chi connectivity index (χ2n) is 10.3. The molecule has 3 saturated carbocycles. The van der Waals surface area contributed by atoms with Crippen LogP contribution in [0.25, 0.3) is 22.6 Å². The number of amides is 1. The van der Waals surface area contributed by atoms with E-state index < -0.39 is 0 Å². The summed E-state index contributed by atoms with van der Waals surface area (Å²) in [7, 11) is 3.75. The topological polar surface area (TPSA) is 80.3 Å². The lowest BCUT2D eigenvalue weighted by atomic mass is 9.53. The van der Waals surface area contributed by atoms with Gasteiger partial charge in [-0.05, 0) is 75.8 Å². The van der Waals surface area contributed by atoms with Crippen LogP contribution in [-0.4, -0.2) is 46.6 Å². The lowest BCUT2D eigenvalue weighted by Crippen LogP contribution is -2.51. The van der Waals surface area contributed by atoms with Crippen LogP contribution in [0.5, 0.6) is 11.5 Å². The van der Waals surface area contributed by atoms with Gasteiger partial charge in [0.1, 0.15) is 5.82 Å². The number of hydrogen-bond donors (Lipinski definition) is 1. The molecular weight excluding hydrogens is 428 g/mol. The molecule has 3 aliphatic carbocycles. The molecule has 2 bridgehead atoms. The van der Waals surface area contributed by atoms with Gasteiger partial charge in [-0.15, -0.1) is 0 Å². The Hall–Kier alpha value is -3.35. The van der Waals surface area contributed by atoms with E-state index >= 15 is 0 Å². The first-order valence-electron chi connectivity index (χ1n) is 12.1. The summed E-state index contributed by atoms with van der Waals surface area (Å²) in [4.78, 5) is 28.4. The van der Waals surface area contributed by atoms with E-state index in [1.165, 1.54) is 0 Å². The number of aromatic amines is 1. The highest BCUT2D eigenvalue weighted by molar-refractivity contribution is 5.83. The predicted molar refractivity (Wildman–Crippen MR) is 129 cm³/mol. The van der Waals surface area contributed by atoms with Gasteiger partial charge in [-0.25, -0.2) is 4.98 Å². The van der Waals surface area contributed by atoms with Gasteiger partial charge in [0.25, 0.3) is 0 Å². The minimum absolute atomic E-state index is 0.0263. The Morgan fingerprint density at radius 3 is 2.41 bits per heavy atom. The summed E-state index contributed by atoms with van der Waals surface area (Å²) < 4.78 is 11.1. The number of benzene rings is 1. The lowest BCUT2D eigenvalue weighted by Gasteiger charge is -2.52. The van der Waals surface area contributed by atoms with Crippen molar-refractivity contribution in [2.45, 2.75) is 50.9 Å². The lowest BCUT2D eigenvalue weighted by molar-refractivity contribution is -0.146. The molecule has 0 saturated heterocycles. The van der Waals surface area contributed by atoms with E-state index in [1.54, 1.807) is 4.90 Å². The van der Waals surface area contributed by atoms with Gasteiger partial charge in [0.05, 0.1) is 17.1 Å². The third-order valence-electron chi connectivity index (χ3n) is 8.10. The summed E-state index contributed by atoms with van der Waals surface area (Å²) in [6.07, 6.45) is 5.68. The molecule has 3 fully saturated rings. The van der Waals surface area contributed by atoms with Crippen molar-refractivity contribution >= 4 is 5.91 Å². The average Bonchev–Trinajstić information content (AvgIpc) is 3.52. The molecule has 7 heteroatoms. The monoisotopic (exact) mass is 458 g/mol. The van der Waals surface area contributed by atoms with Gasteiger partial charge >= 0.3 is 0 Å². The van der Waals surface area contributed by atoms with Crippen molar-refractivity contribution in [2.75, 3.05) is 20.9 Å². The van der Waals surface area contributed by atoms with E-state index in [2.05, 4.69) is 4.98 Å². The number of nitrogens with zero attached hydrogens (tertiary/aromatic N) is 3. The number of rotatable bonds is 4. The smallest absolute Gasteiger partial charge is 0.231 e. The second-order valence-corrected chi connectivity index (χ2v) is 10.3. The summed E-state index contributed by atoms with van der Waals surface area (Å²) in [6.45, 7) is 2.25. The number of pyridine rings is 1. The number of fused-ring (bicyclic) bond motifs is 4. The fourth-order valence-electron chi connectivity index (χ4n) is 6.08. The number of nitrogens with one attached hydrogen (secondary N) is 1. The number of imidazole rings is 1. The zero-order valence-corrected chi connectivity index (χ0v) is 20.0. The van der Waals surface area contributed by atoms with E-state index in [0.717, 1.165) is 84.2 Å². The van der Waals surface area contributed by atoms with Crippen LogP contribution in [0.2, 0.25) is 0 Å². The molecule has 1 N–H and O–H groups in total. The molecule has 1 aromatic carbocycles. The Morgan fingerprint density at radius 2 is 1.71 bits per heavy atom. The van der Waals surface area contributed by atoms with Crippen LogP contribution in [0.1, 0.15) is 50.0 Å². The fraction of sp³-hybridized carbons (Fsp3) is 0.444. The van der Waals surface area contributed by atoms with Gasteiger partial charge in [-0.2, -0.15) is 0 Å².